The molecule has 5 nitrogen and oxygen atoms in total. The third-order valence-electron chi connectivity index (χ3n) is 4.69. The minimum absolute atomic E-state index is 0.112. The van der Waals surface area contributed by atoms with Crippen LogP contribution in [0.1, 0.15) is 30.0 Å². The zero-order valence-electron chi connectivity index (χ0n) is 13.4. The molecule has 24 heavy (non-hydrogen) atoms. The summed E-state index contributed by atoms with van der Waals surface area (Å²) in [5.74, 6) is 1.70. The molecule has 0 spiro atoms. The number of hydrogen-bond donors (Lipinski definition) is 1. The predicted molar refractivity (Wildman–Crippen MR) is 90.8 cm³/mol. The topological polar surface area (TPSA) is 64.8 Å². The van der Waals surface area contributed by atoms with Gasteiger partial charge in [-0.15, -0.1) is 0 Å². The first-order valence-corrected chi connectivity index (χ1v) is 8.24. The lowest BCUT2D eigenvalue weighted by Gasteiger charge is -2.25. The summed E-state index contributed by atoms with van der Waals surface area (Å²) in [5.41, 5.74) is 8.52. The summed E-state index contributed by atoms with van der Waals surface area (Å²) in [7, 11) is 0. The van der Waals surface area contributed by atoms with E-state index < -0.39 is 0 Å². The van der Waals surface area contributed by atoms with Crippen LogP contribution < -0.4 is 15.2 Å². The van der Waals surface area contributed by atoms with Gasteiger partial charge in [-0.1, -0.05) is 18.2 Å². The average Bonchev–Trinajstić information content (AvgIpc) is 3.25. The number of fused-ring (bicyclic) bond motifs is 1. The predicted octanol–water partition coefficient (Wildman–Crippen LogP) is 2.90. The number of anilines is 1. The minimum atomic E-state index is 0.112. The van der Waals surface area contributed by atoms with Gasteiger partial charge in [0.25, 0.3) is 0 Å². The van der Waals surface area contributed by atoms with E-state index >= 15 is 0 Å². The van der Waals surface area contributed by atoms with E-state index in [1.165, 1.54) is 0 Å². The van der Waals surface area contributed by atoms with Crippen LogP contribution in [0.2, 0.25) is 0 Å². The number of amides is 1. The van der Waals surface area contributed by atoms with Gasteiger partial charge in [-0.2, -0.15) is 0 Å². The number of rotatable bonds is 3. The Labute approximate surface area is 141 Å². The number of nitrogens with zero attached hydrogens (tertiary/aromatic N) is 1. The molecule has 0 radical (unpaired) electrons. The summed E-state index contributed by atoms with van der Waals surface area (Å²) in [5, 5.41) is 0. The first-order chi connectivity index (χ1) is 11.7. The highest BCUT2D eigenvalue weighted by Gasteiger charge is 2.30. The molecule has 5 heteroatoms. The Kier molecular flexibility index (Phi) is 3.76. The van der Waals surface area contributed by atoms with E-state index in [0.717, 1.165) is 42.0 Å². The Morgan fingerprint density at radius 3 is 2.75 bits per heavy atom. The van der Waals surface area contributed by atoms with Gasteiger partial charge in [-0.05, 0) is 48.2 Å². The summed E-state index contributed by atoms with van der Waals surface area (Å²) in [6, 6.07) is 13.6. The Balaban J connectivity index is 1.52. The average molecular weight is 324 g/mol. The van der Waals surface area contributed by atoms with Gasteiger partial charge in [0, 0.05) is 12.2 Å². The minimum Gasteiger partial charge on any atom is -0.454 e. The number of hydrogen-bond acceptors (Lipinski definition) is 4. The van der Waals surface area contributed by atoms with E-state index in [0.29, 0.717) is 12.1 Å². The van der Waals surface area contributed by atoms with Gasteiger partial charge < -0.3 is 20.1 Å². The van der Waals surface area contributed by atoms with Crippen molar-refractivity contribution >= 4 is 11.6 Å². The maximum Gasteiger partial charge on any atom is 0.231 e. The van der Waals surface area contributed by atoms with Crippen molar-refractivity contribution in [2.75, 3.05) is 19.1 Å². The molecule has 2 aliphatic rings. The van der Waals surface area contributed by atoms with E-state index in [1.54, 1.807) is 0 Å². The lowest BCUT2D eigenvalue weighted by atomic mass is 10.0. The van der Waals surface area contributed by atoms with Crippen LogP contribution in [0.25, 0.3) is 0 Å². The van der Waals surface area contributed by atoms with E-state index in [9.17, 15) is 4.79 Å². The molecule has 1 amide bonds. The molecule has 1 atom stereocenters. The third kappa shape index (κ3) is 2.77. The number of carbonyl (C=O) groups excluding carboxylic acids is 1. The van der Waals surface area contributed by atoms with Crippen LogP contribution in [0, 0.1) is 0 Å². The highest BCUT2D eigenvalue weighted by atomic mass is 16.7. The number of ether oxygens (including phenoxy) is 2. The maximum atomic E-state index is 12.8. The van der Waals surface area contributed by atoms with Gasteiger partial charge in [-0.25, -0.2) is 0 Å². The Hall–Kier alpha value is -2.69. The largest absolute Gasteiger partial charge is 0.454 e. The van der Waals surface area contributed by atoms with Gasteiger partial charge in [0.15, 0.2) is 11.5 Å². The number of benzene rings is 2. The molecule has 1 unspecified atom stereocenters. The zero-order chi connectivity index (χ0) is 16.5. The maximum absolute atomic E-state index is 12.8. The van der Waals surface area contributed by atoms with E-state index in [1.807, 2.05) is 47.4 Å². The second kappa shape index (κ2) is 6.07. The molecule has 2 aromatic carbocycles. The van der Waals surface area contributed by atoms with Crippen molar-refractivity contribution in [3.8, 4) is 11.5 Å². The summed E-state index contributed by atoms with van der Waals surface area (Å²) in [6.07, 6.45) is 2.40. The molecule has 1 saturated heterocycles. The van der Waals surface area contributed by atoms with Gasteiger partial charge in [0.05, 0.1) is 12.5 Å². The molecule has 4 rings (SSSR count). The smallest absolute Gasteiger partial charge is 0.231 e. The van der Waals surface area contributed by atoms with Gasteiger partial charge in [0.2, 0.25) is 12.7 Å². The molecule has 2 N–H and O–H groups in total. The molecule has 0 aromatic heterocycles. The van der Waals surface area contributed by atoms with Crippen molar-refractivity contribution in [1.82, 2.24) is 4.90 Å². The van der Waals surface area contributed by atoms with Crippen LogP contribution in [-0.4, -0.2) is 24.1 Å². The summed E-state index contributed by atoms with van der Waals surface area (Å²) < 4.78 is 10.8. The van der Waals surface area contributed by atoms with Crippen molar-refractivity contribution in [3.63, 3.8) is 0 Å². The second-order valence-corrected chi connectivity index (χ2v) is 6.28. The van der Waals surface area contributed by atoms with Crippen molar-refractivity contribution in [2.24, 2.45) is 0 Å². The van der Waals surface area contributed by atoms with E-state index in [4.69, 9.17) is 15.2 Å². The number of nitrogen functional groups attached to an aromatic ring is 1. The van der Waals surface area contributed by atoms with Crippen molar-refractivity contribution in [3.05, 3.63) is 53.6 Å². The SMILES string of the molecule is Nc1ccc(CC(=O)N2CCCC2c2ccc3c(c2)OCO3)cc1. The Bertz CT molecular complexity index is 758. The fraction of sp³-hybridized carbons (Fsp3) is 0.316. The van der Waals surface area contributed by atoms with Crippen LogP contribution >= 0.6 is 0 Å². The van der Waals surface area contributed by atoms with Crippen molar-refractivity contribution < 1.29 is 14.3 Å². The first-order valence-electron chi connectivity index (χ1n) is 8.24. The van der Waals surface area contributed by atoms with Gasteiger partial charge in [-0.3, -0.25) is 4.79 Å². The standard InChI is InChI=1S/C19H20N2O3/c20-15-6-3-13(4-7-15)10-19(22)21-9-1-2-16(21)14-5-8-17-18(11-14)24-12-23-17/h3-8,11,16H,1-2,9-10,12,20H2. The van der Waals surface area contributed by atoms with Gasteiger partial charge >= 0.3 is 0 Å². The van der Waals surface area contributed by atoms with Crippen LogP contribution in [-0.2, 0) is 11.2 Å². The Morgan fingerprint density at radius 2 is 1.92 bits per heavy atom. The van der Waals surface area contributed by atoms with Crippen molar-refractivity contribution in [1.29, 1.82) is 0 Å². The lowest BCUT2D eigenvalue weighted by molar-refractivity contribution is -0.131. The third-order valence-corrected chi connectivity index (χ3v) is 4.69. The number of carbonyl (C=O) groups is 1. The summed E-state index contributed by atoms with van der Waals surface area (Å²) in [4.78, 5) is 14.7. The summed E-state index contributed by atoms with van der Waals surface area (Å²) in [6.45, 7) is 1.07. The van der Waals surface area contributed by atoms with Gasteiger partial charge in [0.1, 0.15) is 0 Å². The van der Waals surface area contributed by atoms with Crippen LogP contribution in [0.3, 0.4) is 0 Å². The number of nitrogens with two attached hydrogens (primary N) is 1. The molecule has 0 bridgehead atoms. The lowest BCUT2D eigenvalue weighted by Crippen LogP contribution is -2.31. The van der Waals surface area contributed by atoms with E-state index in [2.05, 4.69) is 0 Å². The van der Waals surface area contributed by atoms with Crippen molar-refractivity contribution in [2.45, 2.75) is 25.3 Å². The second-order valence-electron chi connectivity index (χ2n) is 6.28. The van der Waals surface area contributed by atoms with Crippen LogP contribution in [0.5, 0.6) is 11.5 Å². The van der Waals surface area contributed by atoms with E-state index in [-0.39, 0.29) is 18.7 Å². The molecule has 0 saturated carbocycles. The fourth-order valence-corrected chi connectivity index (χ4v) is 3.44. The Morgan fingerprint density at radius 1 is 1.12 bits per heavy atom. The molecule has 1 fully saturated rings. The highest BCUT2D eigenvalue weighted by Crippen LogP contribution is 2.39. The fourth-order valence-electron chi connectivity index (χ4n) is 3.44. The first kappa shape index (κ1) is 14.9. The molecular formula is C19H20N2O3. The van der Waals surface area contributed by atoms with Crippen LogP contribution in [0.4, 0.5) is 5.69 Å². The molecular weight excluding hydrogens is 304 g/mol. The monoisotopic (exact) mass is 324 g/mol. The van der Waals surface area contributed by atoms with Crippen LogP contribution in [0.15, 0.2) is 42.5 Å². The highest BCUT2D eigenvalue weighted by molar-refractivity contribution is 5.79. The molecule has 124 valence electrons. The zero-order valence-corrected chi connectivity index (χ0v) is 13.4. The summed E-state index contributed by atoms with van der Waals surface area (Å²) >= 11 is 0. The normalized spacial score (nSPS) is 18.8. The molecule has 0 aliphatic carbocycles. The molecule has 2 heterocycles. The quantitative estimate of drug-likeness (QED) is 0.882. The number of likely N-dealkylation sites (tertiary alicyclic amines) is 1. The molecule has 2 aromatic rings. The molecule has 2 aliphatic heterocycles.